The summed E-state index contributed by atoms with van der Waals surface area (Å²) in [6, 6.07) is 6.34. The van der Waals surface area contributed by atoms with Crippen molar-refractivity contribution < 1.29 is 9.47 Å². The van der Waals surface area contributed by atoms with Gasteiger partial charge in [0.15, 0.2) is 6.29 Å². The second-order valence-electron chi connectivity index (χ2n) is 4.49. The highest BCUT2D eigenvalue weighted by Gasteiger charge is 2.07. The van der Waals surface area contributed by atoms with E-state index in [-0.39, 0.29) is 6.29 Å². The Kier molecular flexibility index (Phi) is 7.28. The number of hydrogen-bond donors (Lipinski definition) is 0. The molecular weight excluding hydrogens is 306 g/mol. The van der Waals surface area contributed by atoms with Gasteiger partial charge in [-0.1, -0.05) is 41.9 Å². The number of ether oxygens (including phenoxy) is 2. The van der Waals surface area contributed by atoms with Gasteiger partial charge in [0.1, 0.15) is 0 Å². The largest absolute Gasteiger partial charge is 0.354 e. The van der Waals surface area contributed by atoms with Crippen LogP contribution in [-0.2, 0) is 9.47 Å². The number of rotatable bonds is 7. The van der Waals surface area contributed by atoms with Gasteiger partial charge in [0.05, 0.1) is 6.54 Å². The van der Waals surface area contributed by atoms with Crippen LogP contribution in [0.15, 0.2) is 27.7 Å². The van der Waals surface area contributed by atoms with E-state index in [0.29, 0.717) is 12.5 Å². The molecule has 0 aliphatic rings. The molecule has 1 aromatic rings. The van der Waals surface area contributed by atoms with Crippen LogP contribution in [0.25, 0.3) is 0 Å². The van der Waals surface area contributed by atoms with Crippen LogP contribution in [-0.4, -0.2) is 33.3 Å². The third-order valence-corrected chi connectivity index (χ3v) is 3.88. The maximum atomic E-state index is 5.08. The molecule has 1 aromatic carbocycles. The fourth-order valence-corrected chi connectivity index (χ4v) is 2.52. The fraction of sp³-hybridized carbons (Fsp3) is 0.533. The van der Waals surface area contributed by atoms with Crippen LogP contribution in [0.4, 0.5) is 0 Å². The van der Waals surface area contributed by atoms with Crippen LogP contribution in [0.3, 0.4) is 0 Å². The van der Waals surface area contributed by atoms with Gasteiger partial charge in [-0.3, -0.25) is 4.99 Å². The second kappa shape index (κ2) is 8.46. The lowest BCUT2D eigenvalue weighted by Crippen LogP contribution is -2.16. The standard InChI is InChI=1S/C15H22BrNO2/c1-5-11(2)13-7-6-12(8-14(13)16)9-17-10-15(18-3)19-4/h6-9,11,15H,5,10H2,1-4H3. The van der Waals surface area contributed by atoms with E-state index in [4.69, 9.17) is 9.47 Å². The molecule has 0 aliphatic carbocycles. The van der Waals surface area contributed by atoms with E-state index in [1.54, 1.807) is 14.2 Å². The van der Waals surface area contributed by atoms with Crippen LogP contribution < -0.4 is 0 Å². The van der Waals surface area contributed by atoms with Crippen LogP contribution >= 0.6 is 15.9 Å². The van der Waals surface area contributed by atoms with Crippen LogP contribution in [0.1, 0.15) is 37.3 Å². The quantitative estimate of drug-likeness (QED) is 0.559. The SMILES string of the molecule is CCC(C)c1ccc(C=NCC(OC)OC)cc1Br. The Hall–Kier alpha value is -0.710. The van der Waals surface area contributed by atoms with Crippen molar-refractivity contribution in [2.45, 2.75) is 32.5 Å². The lowest BCUT2D eigenvalue weighted by molar-refractivity contribution is -0.0936. The predicted octanol–water partition coefficient (Wildman–Crippen LogP) is 4.00. The summed E-state index contributed by atoms with van der Waals surface area (Å²) in [6.45, 7) is 4.93. The molecule has 1 atom stereocenters. The summed E-state index contributed by atoms with van der Waals surface area (Å²) >= 11 is 3.63. The molecule has 1 rings (SSSR count). The first kappa shape index (κ1) is 16.3. The predicted molar refractivity (Wildman–Crippen MR) is 83.1 cm³/mol. The number of benzene rings is 1. The van der Waals surface area contributed by atoms with Crippen molar-refractivity contribution in [2.24, 2.45) is 4.99 Å². The summed E-state index contributed by atoms with van der Waals surface area (Å²) < 4.78 is 11.3. The van der Waals surface area contributed by atoms with Gasteiger partial charge in [-0.25, -0.2) is 0 Å². The van der Waals surface area contributed by atoms with Crippen molar-refractivity contribution in [3.63, 3.8) is 0 Å². The molecule has 0 fully saturated rings. The van der Waals surface area contributed by atoms with Gasteiger partial charge in [0.2, 0.25) is 0 Å². The van der Waals surface area contributed by atoms with Gasteiger partial charge in [-0.05, 0) is 29.5 Å². The maximum Gasteiger partial charge on any atom is 0.176 e. The summed E-state index contributed by atoms with van der Waals surface area (Å²) in [6.07, 6.45) is 2.70. The molecule has 1 unspecified atom stereocenters. The third kappa shape index (κ3) is 5.05. The van der Waals surface area contributed by atoms with Crippen molar-refractivity contribution in [2.75, 3.05) is 20.8 Å². The van der Waals surface area contributed by atoms with E-state index in [1.807, 2.05) is 6.21 Å². The average Bonchev–Trinajstić information content (AvgIpc) is 2.43. The number of hydrogen-bond acceptors (Lipinski definition) is 3. The lowest BCUT2D eigenvalue weighted by atomic mass is 9.98. The molecule has 0 N–H and O–H groups in total. The second-order valence-corrected chi connectivity index (χ2v) is 5.34. The molecule has 3 nitrogen and oxygen atoms in total. The summed E-state index contributed by atoms with van der Waals surface area (Å²) in [5.74, 6) is 0.562. The molecule has 0 bridgehead atoms. The zero-order chi connectivity index (χ0) is 14.3. The lowest BCUT2D eigenvalue weighted by Gasteiger charge is -2.12. The molecule has 0 saturated heterocycles. The van der Waals surface area contributed by atoms with E-state index in [2.05, 4.69) is 53.0 Å². The molecule has 0 aromatic heterocycles. The van der Waals surface area contributed by atoms with E-state index in [9.17, 15) is 0 Å². The van der Waals surface area contributed by atoms with E-state index in [0.717, 1.165) is 16.5 Å². The number of halogens is 1. The maximum absolute atomic E-state index is 5.08. The number of methoxy groups -OCH3 is 2. The Morgan fingerprint density at radius 1 is 1.32 bits per heavy atom. The summed E-state index contributed by atoms with van der Waals surface area (Å²) in [5, 5.41) is 0. The molecule has 0 saturated carbocycles. The van der Waals surface area contributed by atoms with Crippen molar-refractivity contribution in [1.82, 2.24) is 0 Å². The zero-order valence-electron chi connectivity index (χ0n) is 12.0. The van der Waals surface area contributed by atoms with Crippen LogP contribution in [0, 0.1) is 0 Å². The third-order valence-electron chi connectivity index (χ3n) is 3.19. The summed E-state index contributed by atoms with van der Waals surface area (Å²) in [7, 11) is 3.22. The first-order chi connectivity index (χ1) is 9.12. The van der Waals surface area contributed by atoms with Crippen LogP contribution in [0.2, 0.25) is 0 Å². The fourth-order valence-electron chi connectivity index (χ4n) is 1.73. The monoisotopic (exact) mass is 327 g/mol. The highest BCUT2D eigenvalue weighted by Crippen LogP contribution is 2.27. The molecule has 0 spiro atoms. The molecule has 0 heterocycles. The number of nitrogens with zero attached hydrogens (tertiary/aromatic N) is 1. The molecule has 19 heavy (non-hydrogen) atoms. The molecular formula is C15H22BrNO2. The van der Waals surface area contributed by atoms with Gasteiger partial charge in [-0.2, -0.15) is 0 Å². The summed E-state index contributed by atoms with van der Waals surface area (Å²) in [5.41, 5.74) is 2.41. The minimum absolute atomic E-state index is 0.279. The van der Waals surface area contributed by atoms with Crippen molar-refractivity contribution >= 4 is 22.1 Å². The topological polar surface area (TPSA) is 30.8 Å². The number of aliphatic imine (C=N–C) groups is 1. The van der Waals surface area contributed by atoms with Gasteiger partial charge in [-0.15, -0.1) is 0 Å². The van der Waals surface area contributed by atoms with Crippen molar-refractivity contribution in [3.05, 3.63) is 33.8 Å². The van der Waals surface area contributed by atoms with Gasteiger partial charge < -0.3 is 9.47 Å². The van der Waals surface area contributed by atoms with E-state index in [1.165, 1.54) is 5.56 Å². The van der Waals surface area contributed by atoms with Gasteiger partial charge in [0, 0.05) is 24.9 Å². The Morgan fingerprint density at radius 2 is 2.00 bits per heavy atom. The molecule has 0 aliphatic heterocycles. The smallest absolute Gasteiger partial charge is 0.176 e. The first-order valence-corrected chi connectivity index (χ1v) is 7.26. The van der Waals surface area contributed by atoms with Crippen molar-refractivity contribution in [3.8, 4) is 0 Å². The normalized spacial score (nSPS) is 13.4. The van der Waals surface area contributed by atoms with Gasteiger partial charge in [0.25, 0.3) is 0 Å². The highest BCUT2D eigenvalue weighted by molar-refractivity contribution is 9.10. The highest BCUT2D eigenvalue weighted by atomic mass is 79.9. The zero-order valence-corrected chi connectivity index (χ0v) is 13.6. The van der Waals surface area contributed by atoms with Crippen molar-refractivity contribution in [1.29, 1.82) is 0 Å². The van der Waals surface area contributed by atoms with E-state index < -0.39 is 0 Å². The van der Waals surface area contributed by atoms with Gasteiger partial charge >= 0.3 is 0 Å². The summed E-state index contributed by atoms with van der Waals surface area (Å²) in [4.78, 5) is 4.32. The molecule has 0 amide bonds. The Labute approximate surface area is 124 Å². The Bertz CT molecular complexity index is 417. The van der Waals surface area contributed by atoms with E-state index >= 15 is 0 Å². The Morgan fingerprint density at radius 3 is 2.53 bits per heavy atom. The molecule has 106 valence electrons. The molecule has 0 radical (unpaired) electrons. The van der Waals surface area contributed by atoms with Crippen LogP contribution in [0.5, 0.6) is 0 Å². The first-order valence-electron chi connectivity index (χ1n) is 6.47. The Balaban J connectivity index is 2.70. The minimum atomic E-state index is -0.279. The molecule has 4 heteroatoms. The minimum Gasteiger partial charge on any atom is -0.354 e. The average molecular weight is 328 g/mol.